The molecule has 0 aromatic heterocycles. The van der Waals surface area contributed by atoms with Gasteiger partial charge in [-0.15, -0.1) is 0 Å². The highest BCUT2D eigenvalue weighted by Gasteiger charge is 2.19. The molecule has 6 heteroatoms. The van der Waals surface area contributed by atoms with Crippen LogP contribution in [-0.4, -0.2) is 20.1 Å². The third kappa shape index (κ3) is 4.08. The first-order valence-electron chi connectivity index (χ1n) is 6.63. The Bertz CT molecular complexity index is 799. The van der Waals surface area contributed by atoms with Crippen LogP contribution < -0.4 is 5.32 Å². The molecular formula is C16H16ClNO3S. The molecule has 0 heterocycles. The van der Waals surface area contributed by atoms with Gasteiger partial charge < -0.3 is 5.32 Å². The number of anilines is 1. The molecule has 0 unspecified atom stereocenters. The van der Waals surface area contributed by atoms with E-state index in [1.165, 1.54) is 12.1 Å². The number of carbonyl (C=O) groups is 1. The van der Waals surface area contributed by atoms with Gasteiger partial charge >= 0.3 is 0 Å². The van der Waals surface area contributed by atoms with E-state index in [2.05, 4.69) is 5.32 Å². The van der Waals surface area contributed by atoms with Gasteiger partial charge in [0.05, 0.1) is 4.90 Å². The maximum atomic E-state index is 12.2. The van der Waals surface area contributed by atoms with Crippen LogP contribution in [0.3, 0.4) is 0 Å². The van der Waals surface area contributed by atoms with Crippen molar-refractivity contribution in [3.8, 4) is 0 Å². The Morgan fingerprint density at radius 1 is 1.09 bits per heavy atom. The van der Waals surface area contributed by atoms with Crippen LogP contribution in [0, 0.1) is 13.8 Å². The van der Waals surface area contributed by atoms with Gasteiger partial charge in [0.15, 0.2) is 9.84 Å². The van der Waals surface area contributed by atoms with Crippen LogP contribution in [0.4, 0.5) is 5.69 Å². The summed E-state index contributed by atoms with van der Waals surface area (Å²) in [5, 5.41) is 3.16. The standard InChI is InChI=1S/C16H16ClNO3S/c1-11-3-6-14(7-4-11)22(20,21)10-16(19)18-15-8-5-13(17)9-12(15)2/h3-9H,10H2,1-2H3,(H,18,19). The zero-order chi connectivity index (χ0) is 16.3. The number of sulfone groups is 1. The van der Waals surface area contributed by atoms with Gasteiger partial charge in [-0.3, -0.25) is 4.79 Å². The van der Waals surface area contributed by atoms with Gasteiger partial charge in [-0.05, 0) is 49.7 Å². The van der Waals surface area contributed by atoms with Gasteiger partial charge in [-0.25, -0.2) is 8.42 Å². The summed E-state index contributed by atoms with van der Waals surface area (Å²) in [5.41, 5.74) is 2.28. The van der Waals surface area contributed by atoms with E-state index in [1.807, 2.05) is 6.92 Å². The molecule has 0 fully saturated rings. The lowest BCUT2D eigenvalue weighted by Crippen LogP contribution is -2.23. The van der Waals surface area contributed by atoms with Crippen molar-refractivity contribution in [2.75, 3.05) is 11.1 Å². The van der Waals surface area contributed by atoms with Crippen LogP contribution in [0.2, 0.25) is 5.02 Å². The lowest BCUT2D eigenvalue weighted by Gasteiger charge is -2.09. The fourth-order valence-electron chi connectivity index (χ4n) is 1.96. The number of hydrogen-bond acceptors (Lipinski definition) is 3. The van der Waals surface area contributed by atoms with E-state index in [1.54, 1.807) is 37.3 Å². The number of aryl methyl sites for hydroxylation is 2. The number of amides is 1. The normalized spacial score (nSPS) is 11.2. The fraction of sp³-hybridized carbons (Fsp3) is 0.188. The highest BCUT2D eigenvalue weighted by molar-refractivity contribution is 7.92. The molecular weight excluding hydrogens is 322 g/mol. The summed E-state index contributed by atoms with van der Waals surface area (Å²) in [5.74, 6) is -1.18. The second-order valence-corrected chi connectivity index (χ2v) is 7.51. The van der Waals surface area contributed by atoms with E-state index < -0.39 is 21.5 Å². The van der Waals surface area contributed by atoms with E-state index in [4.69, 9.17) is 11.6 Å². The second kappa shape index (κ2) is 6.50. The van der Waals surface area contributed by atoms with Crippen molar-refractivity contribution in [1.82, 2.24) is 0 Å². The van der Waals surface area contributed by atoms with Crippen molar-refractivity contribution in [2.45, 2.75) is 18.7 Å². The van der Waals surface area contributed by atoms with E-state index in [0.717, 1.165) is 11.1 Å². The Morgan fingerprint density at radius 2 is 1.73 bits per heavy atom. The number of hydrogen-bond donors (Lipinski definition) is 1. The van der Waals surface area contributed by atoms with E-state index in [-0.39, 0.29) is 4.90 Å². The van der Waals surface area contributed by atoms with Crippen molar-refractivity contribution in [3.63, 3.8) is 0 Å². The van der Waals surface area contributed by atoms with E-state index in [9.17, 15) is 13.2 Å². The maximum Gasteiger partial charge on any atom is 0.239 e. The van der Waals surface area contributed by atoms with Crippen LogP contribution >= 0.6 is 11.6 Å². The predicted molar refractivity (Wildman–Crippen MR) is 88.1 cm³/mol. The molecule has 4 nitrogen and oxygen atoms in total. The van der Waals surface area contributed by atoms with Crippen molar-refractivity contribution >= 4 is 33.0 Å². The molecule has 0 radical (unpaired) electrons. The molecule has 0 aliphatic heterocycles. The van der Waals surface area contributed by atoms with Crippen LogP contribution in [0.1, 0.15) is 11.1 Å². The molecule has 0 aliphatic rings. The molecule has 1 amide bonds. The Labute approximate surface area is 135 Å². The van der Waals surface area contributed by atoms with Crippen LogP contribution in [0.5, 0.6) is 0 Å². The fourth-order valence-corrected chi connectivity index (χ4v) is 3.32. The van der Waals surface area contributed by atoms with Crippen LogP contribution in [-0.2, 0) is 14.6 Å². The minimum Gasteiger partial charge on any atom is -0.325 e. The highest BCUT2D eigenvalue weighted by atomic mass is 35.5. The second-order valence-electron chi connectivity index (χ2n) is 5.08. The SMILES string of the molecule is Cc1ccc(S(=O)(=O)CC(=O)Nc2ccc(Cl)cc2C)cc1. The van der Waals surface area contributed by atoms with Crippen molar-refractivity contribution in [2.24, 2.45) is 0 Å². The van der Waals surface area contributed by atoms with Crippen LogP contribution in [0.15, 0.2) is 47.4 Å². The summed E-state index contributed by atoms with van der Waals surface area (Å²) in [6.45, 7) is 3.66. The minimum absolute atomic E-state index is 0.140. The molecule has 116 valence electrons. The zero-order valence-electron chi connectivity index (χ0n) is 12.3. The highest BCUT2D eigenvalue weighted by Crippen LogP contribution is 2.20. The smallest absolute Gasteiger partial charge is 0.239 e. The first-order valence-corrected chi connectivity index (χ1v) is 8.66. The molecule has 22 heavy (non-hydrogen) atoms. The third-order valence-electron chi connectivity index (χ3n) is 3.16. The number of nitrogens with one attached hydrogen (secondary N) is 1. The van der Waals surface area contributed by atoms with Crippen LogP contribution in [0.25, 0.3) is 0 Å². The average Bonchev–Trinajstić information content (AvgIpc) is 2.42. The monoisotopic (exact) mass is 337 g/mol. The Morgan fingerprint density at radius 3 is 2.32 bits per heavy atom. The summed E-state index contributed by atoms with van der Waals surface area (Å²) < 4.78 is 24.4. The van der Waals surface area contributed by atoms with Gasteiger partial charge in [0, 0.05) is 10.7 Å². The summed E-state index contributed by atoms with van der Waals surface area (Å²) in [7, 11) is -3.66. The molecule has 0 spiro atoms. The molecule has 2 aromatic rings. The van der Waals surface area contributed by atoms with Gasteiger partial charge in [0.25, 0.3) is 0 Å². The molecule has 0 bridgehead atoms. The predicted octanol–water partition coefficient (Wildman–Crippen LogP) is 3.37. The summed E-state index contributed by atoms with van der Waals surface area (Å²) in [6, 6.07) is 11.4. The number of carbonyl (C=O) groups excluding carboxylic acids is 1. The molecule has 0 saturated carbocycles. The quantitative estimate of drug-likeness (QED) is 0.930. The van der Waals surface area contributed by atoms with E-state index >= 15 is 0 Å². The van der Waals surface area contributed by atoms with E-state index in [0.29, 0.717) is 10.7 Å². The minimum atomic E-state index is -3.66. The molecule has 0 saturated heterocycles. The molecule has 0 aliphatic carbocycles. The van der Waals surface area contributed by atoms with Gasteiger partial charge in [0.1, 0.15) is 5.75 Å². The molecule has 2 aromatic carbocycles. The Kier molecular flexibility index (Phi) is 4.88. The van der Waals surface area contributed by atoms with Crippen molar-refractivity contribution < 1.29 is 13.2 Å². The number of halogens is 1. The Hall–Kier alpha value is -1.85. The Balaban J connectivity index is 2.12. The van der Waals surface area contributed by atoms with Crippen molar-refractivity contribution in [1.29, 1.82) is 0 Å². The number of rotatable bonds is 4. The lowest BCUT2D eigenvalue weighted by molar-refractivity contribution is -0.113. The molecule has 0 atom stereocenters. The summed E-state index contributed by atoms with van der Waals surface area (Å²) in [6.07, 6.45) is 0. The van der Waals surface area contributed by atoms with Gasteiger partial charge in [-0.2, -0.15) is 0 Å². The van der Waals surface area contributed by atoms with Gasteiger partial charge in [0.2, 0.25) is 5.91 Å². The topological polar surface area (TPSA) is 63.2 Å². The maximum absolute atomic E-state index is 12.2. The number of benzene rings is 2. The first kappa shape index (κ1) is 16.5. The summed E-state index contributed by atoms with van der Waals surface area (Å²) in [4.78, 5) is 12.1. The lowest BCUT2D eigenvalue weighted by atomic mass is 10.2. The zero-order valence-corrected chi connectivity index (χ0v) is 13.8. The largest absolute Gasteiger partial charge is 0.325 e. The molecule has 2 rings (SSSR count). The summed E-state index contributed by atoms with van der Waals surface area (Å²) >= 11 is 5.84. The molecule has 1 N–H and O–H groups in total. The van der Waals surface area contributed by atoms with Gasteiger partial charge in [-0.1, -0.05) is 29.3 Å². The third-order valence-corrected chi connectivity index (χ3v) is 5.03. The van der Waals surface area contributed by atoms with Crippen molar-refractivity contribution in [3.05, 3.63) is 58.6 Å². The first-order chi connectivity index (χ1) is 10.3. The average molecular weight is 338 g/mol.